The van der Waals surface area contributed by atoms with E-state index in [-0.39, 0.29) is 17.2 Å². The molecule has 2 aromatic heterocycles. The number of amides is 1. The number of nitrogens with zero attached hydrogens (tertiary/aromatic N) is 2. The molecule has 0 saturated heterocycles. The summed E-state index contributed by atoms with van der Waals surface area (Å²) < 4.78 is 0. The van der Waals surface area contributed by atoms with Crippen LogP contribution in [0.15, 0.2) is 47.3 Å². The number of hydrogen-bond acceptors (Lipinski definition) is 4. The summed E-state index contributed by atoms with van der Waals surface area (Å²) in [5.74, 6) is -0.389. The fraction of sp³-hybridized carbons (Fsp3) is 0.0667. The smallest absolute Gasteiger partial charge is 0.276 e. The Kier molecular flexibility index (Phi) is 3.53. The molecule has 0 atom stereocenters. The zero-order chi connectivity index (χ0) is 15.5. The first kappa shape index (κ1) is 13.7. The molecule has 7 nitrogen and oxygen atoms in total. The van der Waals surface area contributed by atoms with E-state index in [1.54, 1.807) is 12.1 Å². The van der Waals surface area contributed by atoms with Crippen LogP contribution in [0.25, 0.3) is 11.3 Å². The molecule has 3 aromatic rings. The van der Waals surface area contributed by atoms with E-state index in [4.69, 9.17) is 0 Å². The number of rotatable bonds is 3. The molecular weight excluding hydrogens is 282 g/mol. The zero-order valence-corrected chi connectivity index (χ0v) is 11.8. The maximum absolute atomic E-state index is 12.0. The highest BCUT2D eigenvalue weighted by Crippen LogP contribution is 2.20. The number of nitrogens with one attached hydrogen (secondary N) is 3. The quantitative estimate of drug-likeness (QED) is 0.684. The predicted octanol–water partition coefficient (Wildman–Crippen LogP) is 1.72. The first-order chi connectivity index (χ1) is 10.6. The minimum absolute atomic E-state index is 0.145. The van der Waals surface area contributed by atoms with Crippen molar-refractivity contribution in [1.29, 1.82) is 0 Å². The molecule has 0 unspecified atom stereocenters. The van der Waals surface area contributed by atoms with Gasteiger partial charge in [0.1, 0.15) is 5.69 Å². The van der Waals surface area contributed by atoms with Crippen molar-refractivity contribution in [2.45, 2.75) is 6.92 Å². The van der Waals surface area contributed by atoms with Gasteiger partial charge in [0.05, 0.1) is 5.69 Å². The van der Waals surface area contributed by atoms with Crippen LogP contribution in [0, 0.1) is 6.92 Å². The molecule has 0 aliphatic heterocycles. The Morgan fingerprint density at radius 1 is 1.05 bits per heavy atom. The average Bonchev–Trinajstić information content (AvgIpc) is 2.95. The van der Waals surface area contributed by atoms with Crippen molar-refractivity contribution in [3.63, 3.8) is 0 Å². The van der Waals surface area contributed by atoms with Gasteiger partial charge in [0, 0.05) is 23.0 Å². The number of benzene rings is 1. The molecule has 0 saturated carbocycles. The highest BCUT2D eigenvalue weighted by molar-refractivity contribution is 6.02. The number of aromatic amines is 2. The van der Waals surface area contributed by atoms with Crippen LogP contribution in [0.5, 0.6) is 0 Å². The first-order valence-corrected chi connectivity index (χ1v) is 6.61. The number of carbonyl (C=O) groups is 1. The van der Waals surface area contributed by atoms with E-state index < -0.39 is 0 Å². The van der Waals surface area contributed by atoms with Gasteiger partial charge in [-0.1, -0.05) is 12.1 Å². The van der Waals surface area contributed by atoms with Gasteiger partial charge >= 0.3 is 0 Å². The van der Waals surface area contributed by atoms with Crippen LogP contribution in [0.4, 0.5) is 5.69 Å². The second kappa shape index (κ2) is 5.65. The first-order valence-electron chi connectivity index (χ1n) is 6.61. The van der Waals surface area contributed by atoms with E-state index in [2.05, 4.69) is 25.7 Å². The summed E-state index contributed by atoms with van der Waals surface area (Å²) in [5, 5.41) is 15.7. The molecule has 3 N–H and O–H groups in total. The Morgan fingerprint density at radius 3 is 2.41 bits per heavy atom. The van der Waals surface area contributed by atoms with Crippen LogP contribution in [0.2, 0.25) is 0 Å². The largest absolute Gasteiger partial charge is 0.321 e. The van der Waals surface area contributed by atoms with Crippen molar-refractivity contribution in [2.75, 3.05) is 5.32 Å². The summed E-state index contributed by atoms with van der Waals surface area (Å²) in [4.78, 5) is 22.9. The minimum Gasteiger partial charge on any atom is -0.321 e. The molecule has 0 aliphatic carbocycles. The number of aromatic nitrogens is 4. The van der Waals surface area contributed by atoms with E-state index in [0.29, 0.717) is 5.69 Å². The third kappa shape index (κ3) is 2.93. The summed E-state index contributed by atoms with van der Waals surface area (Å²) in [6.07, 6.45) is 0. The topological polar surface area (TPSA) is 104 Å². The number of H-pyrrole nitrogens is 2. The molecule has 0 bridgehead atoms. The van der Waals surface area contributed by atoms with E-state index >= 15 is 0 Å². The predicted molar refractivity (Wildman–Crippen MR) is 81.6 cm³/mol. The standard InChI is InChI=1S/C15H13N5O2/c1-9-8-13(19-17-9)10-2-4-11(5-3-10)16-15(22)12-6-7-14(21)20-18-12/h2-8H,1H3,(H,16,22)(H,17,19)(H,20,21). The van der Waals surface area contributed by atoms with Crippen molar-refractivity contribution in [2.24, 2.45) is 0 Å². The van der Waals surface area contributed by atoms with Crippen LogP contribution < -0.4 is 10.9 Å². The second-order valence-corrected chi connectivity index (χ2v) is 4.77. The summed E-state index contributed by atoms with van der Waals surface area (Å²) >= 11 is 0. The van der Waals surface area contributed by atoms with E-state index in [1.807, 2.05) is 25.1 Å². The summed E-state index contributed by atoms with van der Waals surface area (Å²) in [6, 6.07) is 11.9. The van der Waals surface area contributed by atoms with Gasteiger partial charge in [-0.2, -0.15) is 10.2 Å². The zero-order valence-electron chi connectivity index (χ0n) is 11.8. The van der Waals surface area contributed by atoms with Crippen LogP contribution in [0.1, 0.15) is 16.2 Å². The monoisotopic (exact) mass is 295 g/mol. The van der Waals surface area contributed by atoms with Gasteiger partial charge in [0.2, 0.25) is 0 Å². The van der Waals surface area contributed by atoms with Gasteiger partial charge in [-0.05, 0) is 31.2 Å². The Bertz CT molecular complexity index is 844. The van der Waals surface area contributed by atoms with Crippen molar-refractivity contribution >= 4 is 11.6 Å². The molecule has 3 rings (SSSR count). The highest BCUT2D eigenvalue weighted by Gasteiger charge is 2.08. The fourth-order valence-electron chi connectivity index (χ4n) is 1.96. The maximum atomic E-state index is 12.0. The Labute approximate surface area is 125 Å². The lowest BCUT2D eigenvalue weighted by molar-refractivity contribution is 0.102. The average molecular weight is 295 g/mol. The molecule has 0 radical (unpaired) electrons. The normalized spacial score (nSPS) is 10.4. The van der Waals surface area contributed by atoms with E-state index in [0.717, 1.165) is 17.0 Å². The summed E-state index contributed by atoms with van der Waals surface area (Å²) in [6.45, 7) is 1.93. The third-order valence-electron chi connectivity index (χ3n) is 3.06. The number of carbonyl (C=O) groups excluding carboxylic acids is 1. The molecule has 0 spiro atoms. The van der Waals surface area contributed by atoms with Gasteiger partial charge in [-0.3, -0.25) is 14.7 Å². The van der Waals surface area contributed by atoms with Crippen molar-refractivity contribution in [3.8, 4) is 11.3 Å². The van der Waals surface area contributed by atoms with Gasteiger partial charge in [0.25, 0.3) is 11.5 Å². The van der Waals surface area contributed by atoms with E-state index in [9.17, 15) is 9.59 Å². The van der Waals surface area contributed by atoms with Crippen molar-refractivity contribution in [3.05, 3.63) is 64.2 Å². The molecule has 1 amide bonds. The van der Waals surface area contributed by atoms with Gasteiger partial charge in [-0.15, -0.1) is 0 Å². The molecule has 1 aromatic carbocycles. The molecule has 7 heteroatoms. The van der Waals surface area contributed by atoms with Gasteiger partial charge in [-0.25, -0.2) is 5.10 Å². The molecule has 0 aliphatic rings. The lowest BCUT2D eigenvalue weighted by Crippen LogP contribution is -2.17. The third-order valence-corrected chi connectivity index (χ3v) is 3.06. The lowest BCUT2D eigenvalue weighted by atomic mass is 10.1. The number of anilines is 1. The van der Waals surface area contributed by atoms with E-state index in [1.165, 1.54) is 12.1 Å². The Hall–Kier alpha value is -3.22. The molecule has 110 valence electrons. The Morgan fingerprint density at radius 2 is 1.82 bits per heavy atom. The van der Waals surface area contributed by atoms with Crippen LogP contribution in [-0.2, 0) is 0 Å². The maximum Gasteiger partial charge on any atom is 0.276 e. The lowest BCUT2D eigenvalue weighted by Gasteiger charge is -2.05. The van der Waals surface area contributed by atoms with Crippen LogP contribution in [0.3, 0.4) is 0 Å². The SMILES string of the molecule is Cc1cc(-c2ccc(NC(=O)c3ccc(=O)[nH]n3)cc2)n[nH]1. The van der Waals surface area contributed by atoms with Gasteiger partial charge in [0.15, 0.2) is 0 Å². The number of aryl methyl sites for hydroxylation is 1. The minimum atomic E-state index is -0.389. The van der Waals surface area contributed by atoms with Crippen molar-refractivity contribution < 1.29 is 4.79 Å². The Balaban J connectivity index is 1.74. The second-order valence-electron chi connectivity index (χ2n) is 4.77. The van der Waals surface area contributed by atoms with Crippen LogP contribution in [-0.4, -0.2) is 26.3 Å². The van der Waals surface area contributed by atoms with Crippen LogP contribution >= 0.6 is 0 Å². The molecule has 2 heterocycles. The summed E-state index contributed by atoms with van der Waals surface area (Å²) in [5.41, 5.74) is 3.20. The molecule has 22 heavy (non-hydrogen) atoms. The fourth-order valence-corrected chi connectivity index (χ4v) is 1.96. The van der Waals surface area contributed by atoms with Crippen molar-refractivity contribution in [1.82, 2.24) is 20.4 Å². The highest BCUT2D eigenvalue weighted by atomic mass is 16.2. The summed E-state index contributed by atoms with van der Waals surface area (Å²) in [7, 11) is 0. The van der Waals surface area contributed by atoms with Gasteiger partial charge < -0.3 is 5.32 Å². The number of hydrogen-bond donors (Lipinski definition) is 3. The molecule has 0 fully saturated rings. The molecular formula is C15H13N5O2.